The van der Waals surface area contributed by atoms with E-state index in [1.54, 1.807) is 43.5 Å². The van der Waals surface area contributed by atoms with E-state index in [-0.39, 0.29) is 29.0 Å². The van der Waals surface area contributed by atoms with Gasteiger partial charge in [0, 0.05) is 17.3 Å². The van der Waals surface area contributed by atoms with E-state index >= 15 is 0 Å². The molecule has 0 aliphatic carbocycles. The Labute approximate surface area is 172 Å². The summed E-state index contributed by atoms with van der Waals surface area (Å²) in [5.74, 6) is -0.582. The molecule has 0 fully saturated rings. The summed E-state index contributed by atoms with van der Waals surface area (Å²) in [6, 6.07) is 17.6. The highest BCUT2D eigenvalue weighted by Gasteiger charge is 2.36. The van der Waals surface area contributed by atoms with Crippen molar-refractivity contribution in [2.75, 3.05) is 12.4 Å². The molecular weight excluding hydrogens is 384 g/mol. The number of carbonyl (C=O) groups is 3. The third-order valence-electron chi connectivity index (χ3n) is 4.84. The molecule has 0 radical (unpaired) electrons. The summed E-state index contributed by atoms with van der Waals surface area (Å²) in [5, 5.41) is 12.2. The monoisotopic (exact) mass is 402 g/mol. The molecule has 0 unspecified atom stereocenters. The van der Waals surface area contributed by atoms with E-state index in [9.17, 15) is 19.5 Å². The lowest BCUT2D eigenvalue weighted by molar-refractivity contribution is 0.0642. The van der Waals surface area contributed by atoms with Crippen LogP contribution < -0.4 is 10.1 Å². The minimum Gasteiger partial charge on any atom is -0.508 e. The van der Waals surface area contributed by atoms with Crippen molar-refractivity contribution >= 4 is 23.4 Å². The second kappa shape index (κ2) is 7.71. The smallest absolute Gasteiger partial charge is 0.261 e. The van der Waals surface area contributed by atoms with Gasteiger partial charge in [-0.3, -0.25) is 19.3 Å². The molecule has 0 spiro atoms. The van der Waals surface area contributed by atoms with Crippen LogP contribution in [0.15, 0.2) is 66.7 Å². The summed E-state index contributed by atoms with van der Waals surface area (Å²) in [5.41, 5.74) is 1.90. The molecule has 4 rings (SSSR count). The molecule has 0 saturated carbocycles. The number of methoxy groups -OCH3 is 1. The largest absolute Gasteiger partial charge is 0.508 e. The third kappa shape index (κ3) is 3.60. The minimum atomic E-state index is -0.447. The highest BCUT2D eigenvalue weighted by atomic mass is 16.5. The molecule has 150 valence electrons. The van der Waals surface area contributed by atoms with Crippen molar-refractivity contribution in [2.45, 2.75) is 6.54 Å². The van der Waals surface area contributed by atoms with Gasteiger partial charge in [-0.05, 0) is 48.0 Å². The molecule has 0 atom stereocenters. The standard InChI is InChI=1S/C23H18N2O5/c1-30-18-8-5-14(6-9-18)13-25-22(28)19-10-7-15(11-20(19)23(25)29)21(27)24-16-3-2-4-17(26)12-16/h2-12,26H,13H2,1H3,(H,24,27). The molecule has 3 aromatic rings. The van der Waals surface area contributed by atoms with Gasteiger partial charge < -0.3 is 15.2 Å². The van der Waals surface area contributed by atoms with Gasteiger partial charge in [0.15, 0.2) is 0 Å². The van der Waals surface area contributed by atoms with E-state index in [1.807, 2.05) is 0 Å². The van der Waals surface area contributed by atoms with Crippen molar-refractivity contribution in [3.05, 3.63) is 89.0 Å². The van der Waals surface area contributed by atoms with Gasteiger partial charge in [0.2, 0.25) is 0 Å². The average molecular weight is 402 g/mol. The number of anilines is 1. The quantitative estimate of drug-likeness (QED) is 0.638. The molecule has 7 heteroatoms. The maximum Gasteiger partial charge on any atom is 0.261 e. The van der Waals surface area contributed by atoms with Gasteiger partial charge in [-0.2, -0.15) is 0 Å². The van der Waals surface area contributed by atoms with Crippen LogP contribution in [-0.4, -0.2) is 34.8 Å². The zero-order chi connectivity index (χ0) is 21.3. The van der Waals surface area contributed by atoms with Crippen LogP contribution in [0.5, 0.6) is 11.5 Å². The molecule has 0 saturated heterocycles. The Morgan fingerprint density at radius 2 is 1.70 bits per heavy atom. The zero-order valence-corrected chi connectivity index (χ0v) is 16.1. The number of hydrogen-bond donors (Lipinski definition) is 2. The van der Waals surface area contributed by atoms with Crippen LogP contribution in [0.3, 0.4) is 0 Å². The Hall–Kier alpha value is -4.13. The number of aromatic hydroxyl groups is 1. The molecule has 3 amide bonds. The van der Waals surface area contributed by atoms with Gasteiger partial charge in [-0.25, -0.2) is 0 Å². The highest BCUT2D eigenvalue weighted by molar-refractivity contribution is 6.22. The Bertz CT molecular complexity index is 1150. The molecule has 1 aliphatic heterocycles. The summed E-state index contributed by atoms with van der Waals surface area (Å²) < 4.78 is 5.12. The van der Waals surface area contributed by atoms with Gasteiger partial charge in [0.05, 0.1) is 24.8 Å². The van der Waals surface area contributed by atoms with Crippen molar-refractivity contribution in [3.8, 4) is 11.5 Å². The van der Waals surface area contributed by atoms with E-state index in [4.69, 9.17) is 4.74 Å². The maximum atomic E-state index is 12.8. The first kappa shape index (κ1) is 19.2. The third-order valence-corrected chi connectivity index (χ3v) is 4.84. The summed E-state index contributed by atoms with van der Waals surface area (Å²) in [6.45, 7) is 0.126. The molecule has 1 heterocycles. The molecule has 30 heavy (non-hydrogen) atoms. The summed E-state index contributed by atoms with van der Waals surface area (Å²) in [4.78, 5) is 39.2. The van der Waals surface area contributed by atoms with Crippen LogP contribution >= 0.6 is 0 Å². The number of amides is 3. The van der Waals surface area contributed by atoms with Crippen LogP contribution in [-0.2, 0) is 6.54 Å². The molecular formula is C23H18N2O5. The number of benzene rings is 3. The number of imide groups is 1. The second-order valence-electron chi connectivity index (χ2n) is 6.81. The number of rotatable bonds is 5. The fourth-order valence-corrected chi connectivity index (χ4v) is 3.28. The van der Waals surface area contributed by atoms with E-state index in [0.717, 1.165) is 10.5 Å². The fourth-order valence-electron chi connectivity index (χ4n) is 3.28. The topological polar surface area (TPSA) is 95.9 Å². The number of phenolic OH excluding ortho intramolecular Hbond substituents is 1. The molecule has 0 aromatic heterocycles. The van der Waals surface area contributed by atoms with E-state index in [1.165, 1.54) is 30.3 Å². The normalized spacial score (nSPS) is 12.6. The lowest BCUT2D eigenvalue weighted by Gasteiger charge is -2.14. The van der Waals surface area contributed by atoms with Crippen molar-refractivity contribution in [3.63, 3.8) is 0 Å². The Morgan fingerprint density at radius 3 is 2.40 bits per heavy atom. The SMILES string of the molecule is COc1ccc(CN2C(=O)c3ccc(C(=O)Nc4cccc(O)c4)cc3C2=O)cc1. The number of fused-ring (bicyclic) bond motifs is 1. The van der Waals surface area contributed by atoms with Gasteiger partial charge in [0.1, 0.15) is 11.5 Å². The van der Waals surface area contributed by atoms with E-state index in [0.29, 0.717) is 11.4 Å². The predicted octanol–water partition coefficient (Wildman–Crippen LogP) is 3.45. The lowest BCUT2D eigenvalue weighted by Crippen LogP contribution is -2.29. The number of nitrogens with one attached hydrogen (secondary N) is 1. The van der Waals surface area contributed by atoms with Crippen molar-refractivity contribution in [1.29, 1.82) is 0 Å². The number of phenols is 1. The first-order valence-corrected chi connectivity index (χ1v) is 9.20. The first-order chi connectivity index (χ1) is 14.5. The lowest BCUT2D eigenvalue weighted by atomic mass is 10.1. The molecule has 2 N–H and O–H groups in total. The average Bonchev–Trinajstić information content (AvgIpc) is 2.98. The van der Waals surface area contributed by atoms with Crippen LogP contribution in [0.1, 0.15) is 36.6 Å². The second-order valence-corrected chi connectivity index (χ2v) is 6.81. The van der Waals surface area contributed by atoms with E-state index < -0.39 is 17.7 Å². The summed E-state index contributed by atoms with van der Waals surface area (Å²) in [7, 11) is 1.56. The zero-order valence-electron chi connectivity index (χ0n) is 16.1. The Kier molecular flexibility index (Phi) is 4.93. The molecule has 0 bridgehead atoms. The van der Waals surface area contributed by atoms with Gasteiger partial charge in [-0.15, -0.1) is 0 Å². The van der Waals surface area contributed by atoms with Crippen LogP contribution in [0.2, 0.25) is 0 Å². The Balaban J connectivity index is 1.54. The predicted molar refractivity (Wildman–Crippen MR) is 110 cm³/mol. The van der Waals surface area contributed by atoms with Gasteiger partial charge in [-0.1, -0.05) is 18.2 Å². The number of hydrogen-bond acceptors (Lipinski definition) is 5. The van der Waals surface area contributed by atoms with Crippen LogP contribution in [0, 0.1) is 0 Å². The maximum absolute atomic E-state index is 12.8. The molecule has 1 aliphatic rings. The summed E-state index contributed by atoms with van der Waals surface area (Å²) >= 11 is 0. The first-order valence-electron chi connectivity index (χ1n) is 9.20. The van der Waals surface area contributed by atoms with Gasteiger partial charge >= 0.3 is 0 Å². The molecule has 7 nitrogen and oxygen atoms in total. The highest BCUT2D eigenvalue weighted by Crippen LogP contribution is 2.27. The van der Waals surface area contributed by atoms with Gasteiger partial charge in [0.25, 0.3) is 17.7 Å². The van der Waals surface area contributed by atoms with Crippen molar-refractivity contribution in [2.24, 2.45) is 0 Å². The Morgan fingerprint density at radius 1 is 0.967 bits per heavy atom. The van der Waals surface area contributed by atoms with Crippen molar-refractivity contribution < 1.29 is 24.2 Å². The van der Waals surface area contributed by atoms with Crippen LogP contribution in [0.25, 0.3) is 0 Å². The number of carbonyl (C=O) groups excluding carboxylic acids is 3. The molecule has 3 aromatic carbocycles. The van der Waals surface area contributed by atoms with Crippen LogP contribution in [0.4, 0.5) is 5.69 Å². The van der Waals surface area contributed by atoms with E-state index in [2.05, 4.69) is 5.32 Å². The van der Waals surface area contributed by atoms with Crippen molar-refractivity contribution in [1.82, 2.24) is 4.90 Å². The fraction of sp³-hybridized carbons (Fsp3) is 0.0870. The summed E-state index contributed by atoms with van der Waals surface area (Å²) in [6.07, 6.45) is 0. The number of nitrogens with zero attached hydrogens (tertiary/aromatic N) is 1. The minimum absolute atomic E-state index is 0.0247. The number of ether oxygens (including phenoxy) is 1.